The summed E-state index contributed by atoms with van der Waals surface area (Å²) in [5, 5.41) is 11.3. The number of carbonyl (C=O) groups excluding carboxylic acids is 1. The fourth-order valence-electron chi connectivity index (χ4n) is 3.45. The fourth-order valence-corrected chi connectivity index (χ4v) is 4.97. The number of aromatic nitrogens is 4. The van der Waals surface area contributed by atoms with Gasteiger partial charge in [0.25, 0.3) is 0 Å². The first-order chi connectivity index (χ1) is 14.5. The first-order valence-corrected chi connectivity index (χ1v) is 11.3. The van der Waals surface area contributed by atoms with Gasteiger partial charge in [-0.3, -0.25) is 4.79 Å². The van der Waals surface area contributed by atoms with Crippen molar-refractivity contribution in [2.45, 2.75) is 25.4 Å². The summed E-state index contributed by atoms with van der Waals surface area (Å²) in [6.07, 6.45) is 0.722. The number of rotatable bonds is 7. The minimum atomic E-state index is -0.315. The van der Waals surface area contributed by atoms with Gasteiger partial charge in [-0.15, -0.1) is 21.5 Å². The van der Waals surface area contributed by atoms with E-state index < -0.39 is 0 Å². The van der Waals surface area contributed by atoms with E-state index >= 15 is 0 Å². The molecule has 0 bridgehead atoms. The molecule has 0 aliphatic heterocycles. The van der Waals surface area contributed by atoms with Gasteiger partial charge >= 0.3 is 0 Å². The van der Waals surface area contributed by atoms with E-state index in [0.717, 1.165) is 23.6 Å². The number of nitrogens with zero attached hydrogens (tertiary/aromatic N) is 4. The van der Waals surface area contributed by atoms with Crippen LogP contribution in [-0.2, 0) is 13.5 Å². The number of hydrogen-bond donors (Lipinski definition) is 0. The lowest BCUT2D eigenvalue weighted by molar-refractivity contribution is 0.102. The van der Waals surface area contributed by atoms with Crippen molar-refractivity contribution in [2.24, 2.45) is 7.05 Å². The van der Waals surface area contributed by atoms with E-state index in [1.807, 2.05) is 43.0 Å². The molecule has 8 heteroatoms. The minimum Gasteiger partial charge on any atom is -0.315 e. The molecule has 0 radical (unpaired) electrons. The van der Waals surface area contributed by atoms with Crippen molar-refractivity contribution in [2.75, 3.05) is 5.75 Å². The Balaban J connectivity index is 1.50. The monoisotopic (exact) mass is 440 g/mol. The van der Waals surface area contributed by atoms with Gasteiger partial charge in [-0.25, -0.2) is 4.39 Å². The van der Waals surface area contributed by atoms with Crippen LogP contribution in [0.5, 0.6) is 0 Å². The molecule has 0 spiro atoms. The first kappa shape index (κ1) is 20.6. The zero-order valence-electron chi connectivity index (χ0n) is 16.9. The predicted molar refractivity (Wildman–Crippen MR) is 118 cm³/mol. The van der Waals surface area contributed by atoms with E-state index in [9.17, 15) is 9.18 Å². The topological polar surface area (TPSA) is 52.7 Å². The number of aryl methyl sites for hydroxylation is 1. The molecular weight excluding hydrogens is 419 g/mol. The van der Waals surface area contributed by atoms with E-state index in [4.69, 9.17) is 0 Å². The number of ketones is 1. The van der Waals surface area contributed by atoms with Gasteiger partial charge in [-0.1, -0.05) is 30.0 Å². The Morgan fingerprint density at radius 1 is 1.17 bits per heavy atom. The summed E-state index contributed by atoms with van der Waals surface area (Å²) >= 11 is 3.05. The molecule has 0 amide bonds. The summed E-state index contributed by atoms with van der Waals surface area (Å²) < 4.78 is 18.0. The SMILES string of the molecule is Cc1cc(C(=O)CSc2nnc(Cc3cccs3)n2C)c(C)n1-c1ccccc1F. The summed E-state index contributed by atoms with van der Waals surface area (Å²) in [5.41, 5.74) is 2.61. The van der Waals surface area contributed by atoms with Gasteiger partial charge in [0, 0.05) is 35.3 Å². The maximum absolute atomic E-state index is 14.3. The number of thioether (sulfide) groups is 1. The lowest BCUT2D eigenvalue weighted by Crippen LogP contribution is -2.07. The lowest BCUT2D eigenvalue weighted by Gasteiger charge is -2.10. The number of halogens is 1. The Morgan fingerprint density at radius 2 is 1.97 bits per heavy atom. The van der Waals surface area contributed by atoms with Crippen LogP contribution in [0.4, 0.5) is 4.39 Å². The zero-order chi connectivity index (χ0) is 21.3. The normalized spacial score (nSPS) is 11.2. The smallest absolute Gasteiger partial charge is 0.191 e. The van der Waals surface area contributed by atoms with Crippen molar-refractivity contribution < 1.29 is 9.18 Å². The highest BCUT2D eigenvalue weighted by Crippen LogP contribution is 2.25. The van der Waals surface area contributed by atoms with E-state index in [0.29, 0.717) is 16.4 Å². The third-order valence-corrected chi connectivity index (χ3v) is 6.89. The molecule has 3 aromatic heterocycles. The molecule has 0 fully saturated rings. The van der Waals surface area contributed by atoms with Gasteiger partial charge in [-0.05, 0) is 43.5 Å². The van der Waals surface area contributed by atoms with Crippen LogP contribution in [0, 0.1) is 19.7 Å². The Bertz CT molecular complexity index is 1190. The van der Waals surface area contributed by atoms with Gasteiger partial charge < -0.3 is 9.13 Å². The summed E-state index contributed by atoms with van der Waals surface area (Å²) in [5.74, 6) is 0.778. The van der Waals surface area contributed by atoms with Crippen molar-refractivity contribution >= 4 is 28.9 Å². The number of carbonyl (C=O) groups is 1. The quantitative estimate of drug-likeness (QED) is 0.300. The second-order valence-electron chi connectivity index (χ2n) is 7.00. The molecule has 5 nitrogen and oxygen atoms in total. The summed E-state index contributed by atoms with van der Waals surface area (Å²) in [6.45, 7) is 3.72. The van der Waals surface area contributed by atoms with Crippen LogP contribution in [-0.4, -0.2) is 30.9 Å². The molecule has 4 aromatic rings. The lowest BCUT2D eigenvalue weighted by atomic mass is 10.2. The largest absolute Gasteiger partial charge is 0.315 e. The minimum absolute atomic E-state index is 0.0153. The Morgan fingerprint density at radius 3 is 2.70 bits per heavy atom. The van der Waals surface area contributed by atoms with Crippen LogP contribution < -0.4 is 0 Å². The van der Waals surface area contributed by atoms with Crippen LogP contribution >= 0.6 is 23.1 Å². The molecule has 0 atom stereocenters. The summed E-state index contributed by atoms with van der Waals surface area (Å²) in [7, 11) is 1.92. The van der Waals surface area contributed by atoms with Crippen LogP contribution in [0.1, 0.15) is 32.4 Å². The highest BCUT2D eigenvalue weighted by molar-refractivity contribution is 7.99. The Kier molecular flexibility index (Phi) is 5.87. The molecule has 0 unspecified atom stereocenters. The number of Topliss-reactive ketones (excluding diaryl/α,β-unsaturated/α-hetero) is 1. The van der Waals surface area contributed by atoms with Crippen molar-refractivity contribution in [3.8, 4) is 5.69 Å². The van der Waals surface area contributed by atoms with Crippen LogP contribution in [0.2, 0.25) is 0 Å². The standard InChI is InChI=1S/C22H21FN4OS2/c1-14-11-17(15(2)27(14)19-9-5-4-8-18(19)23)20(28)13-30-22-25-24-21(26(22)3)12-16-7-6-10-29-16/h4-11H,12-13H2,1-3H3. The highest BCUT2D eigenvalue weighted by atomic mass is 32.2. The molecule has 4 rings (SSSR count). The molecule has 1 aromatic carbocycles. The van der Waals surface area contributed by atoms with Crippen LogP contribution in [0.15, 0.2) is 53.0 Å². The molecular formula is C22H21FN4OS2. The predicted octanol–water partition coefficient (Wildman–Crippen LogP) is 4.99. The second-order valence-corrected chi connectivity index (χ2v) is 8.97. The average Bonchev–Trinajstić information content (AvgIpc) is 3.43. The van der Waals surface area contributed by atoms with Crippen LogP contribution in [0.25, 0.3) is 5.69 Å². The molecule has 0 aliphatic carbocycles. The number of para-hydroxylation sites is 1. The van der Waals surface area contributed by atoms with Gasteiger partial charge in [0.1, 0.15) is 11.6 Å². The van der Waals surface area contributed by atoms with E-state index in [2.05, 4.69) is 16.3 Å². The highest BCUT2D eigenvalue weighted by Gasteiger charge is 2.19. The molecule has 154 valence electrons. The van der Waals surface area contributed by atoms with Crippen LogP contribution in [0.3, 0.4) is 0 Å². The Hall–Kier alpha value is -2.71. The molecule has 0 aliphatic rings. The zero-order valence-corrected chi connectivity index (χ0v) is 18.6. The molecule has 0 saturated carbocycles. The number of benzene rings is 1. The average molecular weight is 441 g/mol. The second kappa shape index (κ2) is 8.57. The number of hydrogen-bond acceptors (Lipinski definition) is 5. The first-order valence-electron chi connectivity index (χ1n) is 9.46. The summed E-state index contributed by atoms with van der Waals surface area (Å²) in [6, 6.07) is 12.5. The third-order valence-electron chi connectivity index (χ3n) is 4.99. The maximum atomic E-state index is 14.3. The summed E-state index contributed by atoms with van der Waals surface area (Å²) in [4.78, 5) is 14.1. The molecule has 30 heavy (non-hydrogen) atoms. The van der Waals surface area contributed by atoms with Gasteiger partial charge in [0.05, 0.1) is 11.4 Å². The van der Waals surface area contributed by atoms with E-state index in [1.165, 1.54) is 22.7 Å². The van der Waals surface area contributed by atoms with Crippen molar-refractivity contribution in [3.05, 3.63) is 81.3 Å². The molecule has 3 heterocycles. The maximum Gasteiger partial charge on any atom is 0.191 e. The molecule has 0 saturated heterocycles. The van der Waals surface area contributed by atoms with Gasteiger partial charge in [-0.2, -0.15) is 0 Å². The molecule has 0 N–H and O–H groups in total. The van der Waals surface area contributed by atoms with Crippen molar-refractivity contribution in [1.82, 2.24) is 19.3 Å². The van der Waals surface area contributed by atoms with Crippen molar-refractivity contribution in [3.63, 3.8) is 0 Å². The van der Waals surface area contributed by atoms with Gasteiger partial charge in [0.2, 0.25) is 0 Å². The van der Waals surface area contributed by atoms with Gasteiger partial charge in [0.15, 0.2) is 10.9 Å². The number of thiophene rings is 1. The van der Waals surface area contributed by atoms with E-state index in [-0.39, 0.29) is 17.4 Å². The van der Waals surface area contributed by atoms with Crippen molar-refractivity contribution in [1.29, 1.82) is 0 Å². The Labute approximate surface area is 182 Å². The third kappa shape index (κ3) is 3.97. The fraction of sp³-hybridized carbons (Fsp3) is 0.227. The van der Waals surface area contributed by atoms with E-state index in [1.54, 1.807) is 34.1 Å².